The molecular weight excluding hydrogens is 388 g/mol. The average molecular weight is 411 g/mol. The highest BCUT2D eigenvalue weighted by atomic mass is 32.2. The number of aromatic nitrogens is 4. The molecule has 9 heteroatoms. The number of carbonyl (C=O) groups is 1. The van der Waals surface area contributed by atoms with Gasteiger partial charge in [-0.05, 0) is 50.2 Å². The van der Waals surface area contributed by atoms with Crippen LogP contribution in [0.1, 0.15) is 19.4 Å². The van der Waals surface area contributed by atoms with Crippen LogP contribution in [0.25, 0.3) is 11.4 Å². The third-order valence-electron chi connectivity index (χ3n) is 4.16. The molecule has 0 fully saturated rings. The van der Waals surface area contributed by atoms with Crippen molar-refractivity contribution in [3.05, 3.63) is 54.4 Å². The summed E-state index contributed by atoms with van der Waals surface area (Å²) < 4.78 is 7.17. The normalized spacial score (nSPS) is 11.3. The second-order valence-electron chi connectivity index (χ2n) is 6.04. The van der Waals surface area contributed by atoms with Gasteiger partial charge in [0.1, 0.15) is 5.75 Å². The van der Waals surface area contributed by atoms with Crippen molar-refractivity contribution >= 4 is 23.4 Å². The maximum Gasteiger partial charge on any atom is 0.250 e. The zero-order valence-corrected chi connectivity index (χ0v) is 17.3. The van der Waals surface area contributed by atoms with Gasteiger partial charge in [-0.3, -0.25) is 9.78 Å². The summed E-state index contributed by atoms with van der Waals surface area (Å²) >= 11 is 1.32. The van der Waals surface area contributed by atoms with E-state index in [9.17, 15) is 4.79 Å². The van der Waals surface area contributed by atoms with Gasteiger partial charge in [-0.1, -0.05) is 11.8 Å². The van der Waals surface area contributed by atoms with Crippen molar-refractivity contribution in [1.82, 2.24) is 25.2 Å². The number of hydrogen-bond donors (Lipinski definition) is 1. The molecule has 0 bridgehead atoms. The molecule has 3 aromatic rings. The van der Waals surface area contributed by atoms with Gasteiger partial charge >= 0.3 is 0 Å². The van der Waals surface area contributed by atoms with Crippen molar-refractivity contribution in [3.63, 3.8) is 0 Å². The van der Waals surface area contributed by atoms with Gasteiger partial charge in [0.15, 0.2) is 11.0 Å². The van der Waals surface area contributed by atoms with Gasteiger partial charge in [-0.2, -0.15) is 5.10 Å². The Balaban J connectivity index is 1.63. The quantitative estimate of drug-likeness (QED) is 0.349. The van der Waals surface area contributed by atoms with Gasteiger partial charge in [-0.15, -0.1) is 10.2 Å². The van der Waals surface area contributed by atoms with Crippen LogP contribution in [0.4, 0.5) is 0 Å². The summed E-state index contributed by atoms with van der Waals surface area (Å²) in [4.78, 5) is 16.1. The first-order valence-corrected chi connectivity index (χ1v) is 10.0. The van der Waals surface area contributed by atoms with E-state index in [1.165, 1.54) is 11.8 Å². The Morgan fingerprint density at radius 3 is 2.55 bits per heavy atom. The molecule has 0 spiro atoms. The molecule has 2 aromatic heterocycles. The van der Waals surface area contributed by atoms with Crippen LogP contribution in [0.2, 0.25) is 0 Å². The summed E-state index contributed by atoms with van der Waals surface area (Å²) in [5.74, 6) is 1.52. The molecule has 0 saturated heterocycles. The lowest BCUT2D eigenvalue weighted by molar-refractivity contribution is -0.118. The molecule has 1 aromatic carbocycles. The smallest absolute Gasteiger partial charge is 0.250 e. The van der Waals surface area contributed by atoms with Crippen LogP contribution in [-0.4, -0.2) is 44.2 Å². The van der Waals surface area contributed by atoms with Crippen molar-refractivity contribution in [2.24, 2.45) is 5.10 Å². The highest BCUT2D eigenvalue weighted by Crippen LogP contribution is 2.25. The third kappa shape index (κ3) is 5.20. The zero-order chi connectivity index (χ0) is 20.6. The summed E-state index contributed by atoms with van der Waals surface area (Å²) in [6.45, 7) is 4.54. The van der Waals surface area contributed by atoms with Crippen molar-refractivity contribution < 1.29 is 9.53 Å². The minimum Gasteiger partial charge on any atom is -0.497 e. The topological polar surface area (TPSA) is 94.3 Å². The SMILES string of the molecule is CCn1c(SCC(=O)N/N=C(/C)c2ccncc2)nnc1-c1ccc(OC)cc1. The summed E-state index contributed by atoms with van der Waals surface area (Å²) in [6, 6.07) is 11.3. The van der Waals surface area contributed by atoms with Crippen LogP contribution >= 0.6 is 11.8 Å². The lowest BCUT2D eigenvalue weighted by Crippen LogP contribution is -2.21. The van der Waals surface area contributed by atoms with E-state index >= 15 is 0 Å². The van der Waals surface area contributed by atoms with Crippen molar-refractivity contribution in [2.75, 3.05) is 12.9 Å². The monoisotopic (exact) mass is 410 g/mol. The molecule has 2 heterocycles. The Morgan fingerprint density at radius 2 is 1.90 bits per heavy atom. The molecule has 150 valence electrons. The van der Waals surface area contributed by atoms with E-state index in [0.717, 1.165) is 22.7 Å². The first-order valence-electron chi connectivity index (χ1n) is 9.06. The lowest BCUT2D eigenvalue weighted by atomic mass is 10.2. The Morgan fingerprint density at radius 1 is 1.17 bits per heavy atom. The largest absolute Gasteiger partial charge is 0.497 e. The number of pyridine rings is 1. The number of nitrogens with one attached hydrogen (secondary N) is 1. The first kappa shape index (κ1) is 20.5. The van der Waals surface area contributed by atoms with Gasteiger partial charge in [0.05, 0.1) is 18.6 Å². The first-order chi connectivity index (χ1) is 14.1. The Kier molecular flexibility index (Phi) is 6.96. The second kappa shape index (κ2) is 9.83. The molecular formula is C20H22N6O2S. The van der Waals surface area contributed by atoms with E-state index in [4.69, 9.17) is 4.74 Å². The Bertz CT molecular complexity index is 986. The number of carbonyl (C=O) groups excluding carboxylic acids is 1. The standard InChI is InChI=1S/C20H22N6O2S/c1-4-26-19(16-5-7-17(28-3)8-6-16)24-25-20(26)29-13-18(27)23-22-14(2)15-9-11-21-12-10-15/h5-12H,4,13H2,1-3H3,(H,23,27)/b22-14-. The maximum atomic E-state index is 12.2. The number of hydrogen-bond acceptors (Lipinski definition) is 7. The number of ether oxygens (including phenoxy) is 1. The van der Waals surface area contributed by atoms with Crippen LogP contribution < -0.4 is 10.2 Å². The molecule has 29 heavy (non-hydrogen) atoms. The molecule has 0 radical (unpaired) electrons. The van der Waals surface area contributed by atoms with Crippen LogP contribution in [0.5, 0.6) is 5.75 Å². The second-order valence-corrected chi connectivity index (χ2v) is 6.98. The van der Waals surface area contributed by atoms with Crippen LogP contribution in [0.3, 0.4) is 0 Å². The number of benzene rings is 1. The molecule has 0 saturated carbocycles. The summed E-state index contributed by atoms with van der Waals surface area (Å²) in [6.07, 6.45) is 3.37. The number of methoxy groups -OCH3 is 1. The fourth-order valence-electron chi connectivity index (χ4n) is 2.60. The van der Waals surface area contributed by atoms with Gasteiger partial charge in [0.2, 0.25) is 0 Å². The lowest BCUT2D eigenvalue weighted by Gasteiger charge is -2.08. The molecule has 0 aliphatic heterocycles. The number of hydrazone groups is 1. The summed E-state index contributed by atoms with van der Waals surface area (Å²) in [5.41, 5.74) is 5.13. The molecule has 0 aliphatic rings. The van der Waals surface area contributed by atoms with E-state index in [-0.39, 0.29) is 11.7 Å². The van der Waals surface area contributed by atoms with Crippen molar-refractivity contribution in [1.29, 1.82) is 0 Å². The van der Waals surface area contributed by atoms with Crippen molar-refractivity contribution in [2.45, 2.75) is 25.5 Å². The summed E-state index contributed by atoms with van der Waals surface area (Å²) in [5, 5.41) is 13.4. The Labute approximate surface area is 173 Å². The van der Waals surface area contributed by atoms with Crippen LogP contribution in [-0.2, 0) is 11.3 Å². The highest BCUT2D eigenvalue weighted by Gasteiger charge is 2.14. The van der Waals surface area contributed by atoms with Gasteiger partial charge in [-0.25, -0.2) is 5.43 Å². The molecule has 0 atom stereocenters. The maximum absolute atomic E-state index is 12.2. The van der Waals surface area contributed by atoms with Crippen molar-refractivity contribution in [3.8, 4) is 17.1 Å². The number of amides is 1. The molecule has 8 nitrogen and oxygen atoms in total. The zero-order valence-electron chi connectivity index (χ0n) is 16.5. The minimum atomic E-state index is -0.208. The van der Waals surface area contributed by atoms with E-state index < -0.39 is 0 Å². The van der Waals surface area contributed by atoms with Gasteiger partial charge < -0.3 is 9.30 Å². The predicted octanol–water partition coefficient (Wildman–Crippen LogP) is 3.00. The summed E-state index contributed by atoms with van der Waals surface area (Å²) in [7, 11) is 1.63. The number of rotatable bonds is 8. The molecule has 3 rings (SSSR count). The third-order valence-corrected chi connectivity index (χ3v) is 5.13. The molecule has 0 aliphatic carbocycles. The predicted molar refractivity (Wildman–Crippen MR) is 113 cm³/mol. The molecule has 1 amide bonds. The number of nitrogens with zero attached hydrogens (tertiary/aromatic N) is 5. The highest BCUT2D eigenvalue weighted by molar-refractivity contribution is 7.99. The van der Waals surface area contributed by atoms with Gasteiger partial charge in [0.25, 0.3) is 5.91 Å². The van der Waals surface area contributed by atoms with E-state index in [1.54, 1.807) is 19.5 Å². The Hall–Kier alpha value is -3.20. The average Bonchev–Trinajstić information content (AvgIpc) is 3.19. The van der Waals surface area contributed by atoms with Gasteiger partial charge in [0, 0.05) is 30.1 Å². The van der Waals surface area contributed by atoms with E-state index in [1.807, 2.05) is 54.8 Å². The molecule has 0 unspecified atom stereocenters. The molecule has 1 N–H and O–H groups in total. The van der Waals surface area contributed by atoms with Crippen LogP contribution in [0, 0.1) is 0 Å². The number of thioether (sulfide) groups is 1. The fourth-order valence-corrected chi connectivity index (χ4v) is 3.40. The van der Waals surface area contributed by atoms with E-state index in [2.05, 4.69) is 25.7 Å². The van der Waals surface area contributed by atoms with E-state index in [0.29, 0.717) is 17.4 Å². The van der Waals surface area contributed by atoms with Crippen LogP contribution in [0.15, 0.2) is 59.0 Å². The minimum absolute atomic E-state index is 0.188. The fraction of sp³-hybridized carbons (Fsp3) is 0.250.